The summed E-state index contributed by atoms with van der Waals surface area (Å²) in [6.45, 7) is 8.74. The Morgan fingerprint density at radius 2 is 1.03 bits per heavy atom. The first-order valence-corrected chi connectivity index (χ1v) is 22.9. The van der Waals surface area contributed by atoms with Gasteiger partial charge in [-0.2, -0.15) is 0 Å². The molecule has 0 unspecified atom stereocenters. The zero-order valence-electron chi connectivity index (χ0n) is 39.1. The van der Waals surface area contributed by atoms with Crippen molar-refractivity contribution in [2.75, 3.05) is 13.2 Å². The van der Waals surface area contributed by atoms with Gasteiger partial charge in [0.1, 0.15) is 26.4 Å². The Bertz CT molecular complexity index is 2730. The fourth-order valence-electron chi connectivity index (χ4n) is 7.70. The number of esters is 2. The third kappa shape index (κ3) is 15.8. The van der Waals surface area contributed by atoms with E-state index in [1.165, 1.54) is 10.5 Å². The summed E-state index contributed by atoms with van der Waals surface area (Å²) >= 11 is 5.34. The minimum Gasteiger partial charge on any atom is -0.457 e. The second kappa shape index (κ2) is 25.0. The number of halogens is 1. The molecule has 0 spiro atoms. The van der Waals surface area contributed by atoms with Gasteiger partial charge in [0.15, 0.2) is 0 Å². The predicted molar refractivity (Wildman–Crippen MR) is 262 cm³/mol. The standard InChI is InChI=1S/C28H27NO5.C18H17ClO3.C10H11NO2/c1-19-8-13-25(20(2)14-19)27(31)33-17-23-11-9-22(10-12-23)16-26(30)29-24(18-34-28(29)32)15-21-6-4-3-5-7-21;1-12-3-8-16(13(2)9-12)18(21)22-11-15-6-4-14(5-7-15)10-17(19)20;12-10-11-9(7-13-10)6-8-4-2-1-3-5-8/h3-14,24H,15-18H2,1-2H3;3-9H,10-11H2,1-2H3;1-5,9H,6-7H2,(H,11,12)/t24-;;9-/m1.1/s1. The van der Waals surface area contributed by atoms with Crippen LogP contribution in [0.25, 0.3) is 0 Å². The molecule has 0 radical (unpaired) electrons. The Kier molecular flexibility index (Phi) is 18.4. The maximum Gasteiger partial charge on any atom is 0.416 e. The zero-order chi connectivity index (χ0) is 49.3. The number of nitrogens with zero attached hydrogens (tertiary/aromatic N) is 1. The molecule has 0 aromatic heterocycles. The highest BCUT2D eigenvalue weighted by Crippen LogP contribution is 2.20. The molecule has 2 aliphatic heterocycles. The fourth-order valence-corrected chi connectivity index (χ4v) is 7.86. The van der Waals surface area contributed by atoms with Gasteiger partial charge in [-0.15, -0.1) is 0 Å². The summed E-state index contributed by atoms with van der Waals surface area (Å²) in [6, 6.07) is 45.4. The van der Waals surface area contributed by atoms with Crippen molar-refractivity contribution in [3.63, 3.8) is 0 Å². The molecule has 2 fully saturated rings. The summed E-state index contributed by atoms with van der Waals surface area (Å²) in [6.07, 6.45) is 0.782. The van der Waals surface area contributed by atoms with Crippen molar-refractivity contribution in [3.8, 4) is 0 Å². The maximum absolute atomic E-state index is 12.9. The Hall–Kier alpha value is -7.57. The summed E-state index contributed by atoms with van der Waals surface area (Å²) in [5.41, 5.74) is 10.7. The summed E-state index contributed by atoms with van der Waals surface area (Å²) in [5, 5.41) is 2.35. The Balaban J connectivity index is 0.000000190. The summed E-state index contributed by atoms with van der Waals surface area (Å²) in [7, 11) is 0. The van der Waals surface area contributed by atoms with Gasteiger partial charge in [0.2, 0.25) is 11.1 Å². The monoisotopic (exact) mass is 950 g/mol. The first-order chi connectivity index (χ1) is 33.2. The van der Waals surface area contributed by atoms with Crippen LogP contribution in [0, 0.1) is 27.7 Å². The predicted octanol–water partition coefficient (Wildman–Crippen LogP) is 10.1. The van der Waals surface area contributed by atoms with E-state index < -0.39 is 11.3 Å². The van der Waals surface area contributed by atoms with Crippen molar-refractivity contribution in [1.82, 2.24) is 10.2 Å². The van der Waals surface area contributed by atoms with E-state index in [2.05, 4.69) is 5.32 Å². The molecule has 12 nitrogen and oxygen atoms in total. The average molecular weight is 952 g/mol. The number of hydrogen-bond acceptors (Lipinski definition) is 10. The minimum absolute atomic E-state index is 0.0863. The number of carbonyl (C=O) groups excluding carboxylic acids is 6. The van der Waals surface area contributed by atoms with Crippen LogP contribution in [0.15, 0.2) is 146 Å². The maximum atomic E-state index is 12.9. The van der Waals surface area contributed by atoms with Crippen molar-refractivity contribution in [2.45, 2.75) is 78.7 Å². The van der Waals surface area contributed by atoms with Crippen molar-refractivity contribution in [2.24, 2.45) is 0 Å². The molecule has 0 aliphatic carbocycles. The number of amides is 3. The third-order valence-electron chi connectivity index (χ3n) is 11.3. The molecule has 0 saturated carbocycles. The molecular formula is C56H55ClN2O10. The number of benzene rings is 6. The van der Waals surface area contributed by atoms with Crippen molar-refractivity contribution < 1.29 is 47.7 Å². The largest absolute Gasteiger partial charge is 0.457 e. The lowest BCUT2D eigenvalue weighted by atomic mass is 10.0. The molecule has 8 rings (SSSR count). The first kappa shape index (κ1) is 50.8. The van der Waals surface area contributed by atoms with Gasteiger partial charge in [0.05, 0.1) is 29.6 Å². The van der Waals surface area contributed by atoms with Crippen LogP contribution in [0.3, 0.4) is 0 Å². The van der Waals surface area contributed by atoms with Crippen molar-refractivity contribution >= 4 is 46.9 Å². The number of rotatable bonds is 14. The van der Waals surface area contributed by atoms with Gasteiger partial charge in [0, 0.05) is 6.42 Å². The Labute approximate surface area is 407 Å². The van der Waals surface area contributed by atoms with E-state index in [-0.39, 0.29) is 68.7 Å². The van der Waals surface area contributed by atoms with Crippen molar-refractivity contribution in [3.05, 3.63) is 212 Å². The summed E-state index contributed by atoms with van der Waals surface area (Å²) in [4.78, 5) is 72.3. The normalized spacial score (nSPS) is 14.7. The second-order valence-corrected chi connectivity index (χ2v) is 17.4. The molecule has 6 aromatic carbocycles. The van der Waals surface area contributed by atoms with Crippen LogP contribution in [0.4, 0.5) is 9.59 Å². The fraction of sp³-hybridized carbons (Fsp3) is 0.250. The molecule has 2 aliphatic rings. The smallest absolute Gasteiger partial charge is 0.416 e. The molecule has 13 heteroatoms. The van der Waals surface area contributed by atoms with E-state index in [0.29, 0.717) is 24.2 Å². The van der Waals surface area contributed by atoms with Gasteiger partial charge < -0.3 is 24.3 Å². The minimum atomic E-state index is -0.596. The van der Waals surface area contributed by atoms with Crippen LogP contribution in [0.1, 0.15) is 76.4 Å². The van der Waals surface area contributed by atoms with Gasteiger partial charge in [-0.1, -0.05) is 145 Å². The highest BCUT2D eigenvalue weighted by molar-refractivity contribution is 6.63. The van der Waals surface area contributed by atoms with Crippen LogP contribution in [0.2, 0.25) is 0 Å². The molecule has 6 aromatic rings. The summed E-state index contributed by atoms with van der Waals surface area (Å²) in [5.74, 6) is -0.997. The van der Waals surface area contributed by atoms with E-state index in [0.717, 1.165) is 56.5 Å². The van der Waals surface area contributed by atoms with Gasteiger partial charge >= 0.3 is 24.1 Å². The lowest BCUT2D eigenvalue weighted by Gasteiger charge is -2.19. The zero-order valence-corrected chi connectivity index (χ0v) is 39.8. The van der Waals surface area contributed by atoms with Crippen LogP contribution >= 0.6 is 11.6 Å². The Morgan fingerprint density at radius 1 is 0.565 bits per heavy atom. The first-order valence-electron chi connectivity index (χ1n) is 22.5. The molecule has 2 atom stereocenters. The van der Waals surface area contributed by atoms with E-state index >= 15 is 0 Å². The molecular weight excluding hydrogens is 896 g/mol. The molecule has 0 bridgehead atoms. The molecule has 356 valence electrons. The molecule has 1 N–H and O–H groups in total. The molecule has 3 amide bonds. The number of alkyl carbamates (subject to hydrolysis) is 1. The molecule has 2 heterocycles. The molecule has 2 saturated heterocycles. The number of imide groups is 1. The quantitative estimate of drug-likeness (QED) is 0.0634. The average Bonchev–Trinajstić information content (AvgIpc) is 3.92. The number of carbonyl (C=O) groups is 6. The van der Waals surface area contributed by atoms with Crippen LogP contribution in [-0.2, 0) is 67.4 Å². The SMILES string of the molecule is Cc1ccc(C(=O)OCc2ccc(CC(=O)Cl)cc2)c(C)c1.Cc1ccc(C(=O)OCc2ccc(CC(=O)N3C(=O)OC[C@H]3Cc3ccccc3)cc2)c(C)c1.O=C1N[C@H](Cc2ccccc2)CO1. The van der Waals surface area contributed by atoms with E-state index in [4.69, 9.17) is 30.5 Å². The molecule has 69 heavy (non-hydrogen) atoms. The lowest BCUT2D eigenvalue weighted by Crippen LogP contribution is -2.41. The third-order valence-corrected chi connectivity index (χ3v) is 11.4. The number of hydrogen-bond donors (Lipinski definition) is 1. The van der Waals surface area contributed by atoms with E-state index in [1.54, 1.807) is 24.3 Å². The van der Waals surface area contributed by atoms with E-state index in [1.807, 2.05) is 149 Å². The van der Waals surface area contributed by atoms with Gasteiger partial charge in [0.25, 0.3) is 0 Å². The van der Waals surface area contributed by atoms with Gasteiger partial charge in [-0.05, 0) is 109 Å². The van der Waals surface area contributed by atoms with E-state index in [9.17, 15) is 28.8 Å². The Morgan fingerprint density at radius 3 is 1.48 bits per heavy atom. The van der Waals surface area contributed by atoms with Crippen LogP contribution < -0.4 is 5.32 Å². The number of ether oxygens (including phenoxy) is 4. The highest BCUT2D eigenvalue weighted by Gasteiger charge is 2.37. The van der Waals surface area contributed by atoms with Gasteiger partial charge in [-0.25, -0.2) is 24.1 Å². The number of cyclic esters (lactones) is 2. The highest BCUT2D eigenvalue weighted by atomic mass is 35.5. The number of aryl methyl sites for hydroxylation is 4. The summed E-state index contributed by atoms with van der Waals surface area (Å²) < 4.78 is 20.7. The second-order valence-electron chi connectivity index (χ2n) is 16.9. The number of nitrogens with one attached hydrogen (secondary N) is 1. The lowest BCUT2D eigenvalue weighted by molar-refractivity contribution is -0.128. The van der Waals surface area contributed by atoms with Crippen LogP contribution in [0.5, 0.6) is 0 Å². The van der Waals surface area contributed by atoms with Crippen LogP contribution in [-0.4, -0.2) is 65.5 Å². The van der Waals surface area contributed by atoms with Gasteiger partial charge in [-0.3, -0.25) is 9.59 Å². The topological polar surface area (TPSA) is 155 Å². The van der Waals surface area contributed by atoms with Crippen molar-refractivity contribution in [1.29, 1.82) is 0 Å².